The number of nitrogens with one attached hydrogen (secondary N) is 1. The number of rotatable bonds is 10. The first-order valence-corrected chi connectivity index (χ1v) is 18.5. The van der Waals surface area contributed by atoms with E-state index in [2.05, 4.69) is 13.0 Å². The van der Waals surface area contributed by atoms with Crippen LogP contribution in [-0.4, -0.2) is 80.6 Å². The average Bonchev–Trinajstić information content (AvgIpc) is 3.59. The molecule has 1 aliphatic heterocycles. The van der Waals surface area contributed by atoms with Crippen molar-refractivity contribution in [3.8, 4) is 0 Å². The number of allylic oxidation sites excluding steroid dienone is 1. The van der Waals surface area contributed by atoms with Crippen LogP contribution in [0, 0.1) is 40.4 Å². The number of hydrogen-bond donors (Lipinski definition) is 3. The van der Waals surface area contributed by atoms with Gasteiger partial charge in [-0.25, -0.2) is 4.79 Å². The van der Waals surface area contributed by atoms with Crippen LogP contribution < -0.4 is 11.2 Å². The summed E-state index contributed by atoms with van der Waals surface area (Å²) in [5.74, 6) is -19.8. The van der Waals surface area contributed by atoms with Gasteiger partial charge < -0.3 is 24.4 Å². The largest absolute Gasteiger partial charge is 0.462 e. The van der Waals surface area contributed by atoms with E-state index in [-0.39, 0.29) is 41.7 Å². The zero-order valence-corrected chi connectivity index (χ0v) is 30.5. The van der Waals surface area contributed by atoms with Crippen LogP contribution in [-0.2, 0) is 19.0 Å². The van der Waals surface area contributed by atoms with Crippen LogP contribution in [0.15, 0.2) is 33.5 Å². The number of aromatic nitrogens is 2. The molecular formula is C37H50F6N2O8. The van der Waals surface area contributed by atoms with E-state index in [0.29, 0.717) is 50.0 Å². The highest BCUT2D eigenvalue weighted by atomic mass is 19.3. The number of aliphatic hydroxyl groups is 2. The van der Waals surface area contributed by atoms with Gasteiger partial charge in [-0.15, -0.1) is 0 Å². The molecule has 13 atom stereocenters. The van der Waals surface area contributed by atoms with Crippen molar-refractivity contribution in [1.82, 2.24) is 9.55 Å². The van der Waals surface area contributed by atoms with Crippen molar-refractivity contribution in [2.75, 3.05) is 6.61 Å². The number of fused-ring (bicyclic) bond motifs is 5. The van der Waals surface area contributed by atoms with Crippen LogP contribution in [0.5, 0.6) is 0 Å². The summed E-state index contributed by atoms with van der Waals surface area (Å²) in [6.07, 6.45) is -2.59. The Morgan fingerprint density at radius 2 is 1.75 bits per heavy atom. The Kier molecular flexibility index (Phi) is 10.4. The van der Waals surface area contributed by atoms with Gasteiger partial charge >= 0.3 is 29.4 Å². The van der Waals surface area contributed by atoms with Crippen molar-refractivity contribution in [1.29, 1.82) is 0 Å². The van der Waals surface area contributed by atoms with Gasteiger partial charge in [0.15, 0.2) is 6.23 Å². The van der Waals surface area contributed by atoms with Gasteiger partial charge in [0.25, 0.3) is 5.56 Å². The molecule has 10 nitrogen and oxygen atoms in total. The standard InChI is InChI=1S/C37H50F6N2O8/c1-18(24-8-9-25-23-7-6-21-16-22(52-20(3)47)10-13-33(21,4)26(23)11-14-34(24,25)5)35(38,39)37(42,43)36(40,41)19(2)51-30-29(49)27(17-46)53-31(30)45-15-12-28(48)44-32(45)50/h6,12,15,18-19,22-27,29-31,46,49H,7-11,13-14,16-17H2,1-5H3,(H,44,48,50)/t18?,19?,22-,23?,24?,25?,26?,27?,29?,30?,31?,33?,34?/m1/s1. The Morgan fingerprint density at radius 3 is 2.40 bits per heavy atom. The molecule has 0 bridgehead atoms. The summed E-state index contributed by atoms with van der Waals surface area (Å²) < 4.78 is 113. The zero-order chi connectivity index (χ0) is 39.1. The van der Waals surface area contributed by atoms with Gasteiger partial charge in [-0.3, -0.25) is 19.1 Å². The molecule has 4 aliphatic carbocycles. The highest BCUT2D eigenvalue weighted by Crippen LogP contribution is 2.69. The lowest BCUT2D eigenvalue weighted by molar-refractivity contribution is -0.355. The molecule has 1 aromatic heterocycles. The summed E-state index contributed by atoms with van der Waals surface area (Å²) in [6.45, 7) is 5.95. The second-order valence-electron chi connectivity index (χ2n) is 16.6. The number of aliphatic hydroxyl groups excluding tert-OH is 2. The van der Waals surface area contributed by atoms with E-state index in [1.165, 1.54) is 12.5 Å². The van der Waals surface area contributed by atoms with Gasteiger partial charge in [0.2, 0.25) is 0 Å². The van der Waals surface area contributed by atoms with Gasteiger partial charge in [-0.1, -0.05) is 32.4 Å². The number of ether oxygens (including phenoxy) is 3. The highest BCUT2D eigenvalue weighted by Gasteiger charge is 2.77. The molecule has 1 aromatic rings. The Morgan fingerprint density at radius 1 is 1.06 bits per heavy atom. The molecule has 1 saturated heterocycles. The van der Waals surface area contributed by atoms with Crippen LogP contribution in [0.25, 0.3) is 0 Å². The first-order chi connectivity index (χ1) is 24.6. The molecule has 0 amide bonds. The zero-order valence-electron chi connectivity index (χ0n) is 30.5. The second kappa shape index (κ2) is 13.8. The quantitative estimate of drug-likeness (QED) is 0.159. The fraction of sp³-hybridized carbons (Fsp3) is 0.811. The molecule has 53 heavy (non-hydrogen) atoms. The van der Waals surface area contributed by atoms with E-state index in [0.717, 1.165) is 25.6 Å². The van der Waals surface area contributed by atoms with Crippen molar-refractivity contribution < 1.29 is 55.6 Å². The summed E-state index contributed by atoms with van der Waals surface area (Å²) in [5, 5.41) is 20.3. The molecule has 298 valence electrons. The van der Waals surface area contributed by atoms with Crippen molar-refractivity contribution >= 4 is 5.97 Å². The summed E-state index contributed by atoms with van der Waals surface area (Å²) >= 11 is 0. The summed E-state index contributed by atoms with van der Waals surface area (Å²) in [6, 6.07) is 0.871. The minimum Gasteiger partial charge on any atom is -0.462 e. The minimum atomic E-state index is -5.91. The van der Waals surface area contributed by atoms with Gasteiger partial charge in [-0.2, -0.15) is 26.3 Å². The Balaban J connectivity index is 1.20. The van der Waals surface area contributed by atoms with E-state index >= 15 is 26.3 Å². The molecule has 3 saturated carbocycles. The van der Waals surface area contributed by atoms with Crippen molar-refractivity contribution in [2.45, 2.75) is 141 Å². The Bertz CT molecular complexity index is 1700. The maximum atomic E-state index is 16.2. The van der Waals surface area contributed by atoms with Gasteiger partial charge in [0, 0.05) is 31.5 Å². The van der Waals surface area contributed by atoms with Gasteiger partial charge in [-0.05, 0) is 86.4 Å². The monoisotopic (exact) mass is 764 g/mol. The predicted octanol–water partition coefficient (Wildman–Crippen LogP) is 5.61. The maximum Gasteiger partial charge on any atom is 0.374 e. The van der Waals surface area contributed by atoms with Crippen LogP contribution in [0.3, 0.4) is 0 Å². The lowest BCUT2D eigenvalue weighted by Crippen LogP contribution is -2.63. The van der Waals surface area contributed by atoms with Crippen LogP contribution in [0.4, 0.5) is 26.3 Å². The Hall–Kier alpha value is -2.69. The molecule has 0 radical (unpaired) electrons. The molecule has 12 unspecified atom stereocenters. The molecular weight excluding hydrogens is 714 g/mol. The van der Waals surface area contributed by atoms with E-state index < -0.39 is 83.5 Å². The number of halogens is 6. The summed E-state index contributed by atoms with van der Waals surface area (Å²) in [5.41, 5.74) is -1.68. The highest BCUT2D eigenvalue weighted by molar-refractivity contribution is 5.66. The molecule has 2 heterocycles. The number of H-pyrrole nitrogens is 1. The van der Waals surface area contributed by atoms with Gasteiger partial charge in [0.05, 0.1) is 6.61 Å². The first kappa shape index (κ1) is 40.0. The van der Waals surface area contributed by atoms with Gasteiger partial charge in [0.1, 0.15) is 30.5 Å². The van der Waals surface area contributed by atoms with E-state index in [1.54, 1.807) is 0 Å². The lowest BCUT2D eigenvalue weighted by atomic mass is 9.47. The lowest BCUT2D eigenvalue weighted by Gasteiger charge is -2.58. The predicted molar refractivity (Wildman–Crippen MR) is 177 cm³/mol. The number of alkyl halides is 6. The molecule has 6 rings (SSSR count). The normalized spacial score (nSPS) is 38.7. The van der Waals surface area contributed by atoms with E-state index in [4.69, 9.17) is 14.2 Å². The number of hydrogen-bond acceptors (Lipinski definition) is 8. The number of aromatic amines is 1. The van der Waals surface area contributed by atoms with Crippen LogP contribution >= 0.6 is 0 Å². The third-order valence-corrected chi connectivity index (χ3v) is 14.0. The third-order valence-electron chi connectivity index (χ3n) is 14.0. The topological polar surface area (TPSA) is 140 Å². The summed E-state index contributed by atoms with van der Waals surface area (Å²) in [4.78, 5) is 37.5. The second-order valence-corrected chi connectivity index (χ2v) is 16.6. The molecule has 3 N–H and O–H groups in total. The number of esters is 1. The van der Waals surface area contributed by atoms with E-state index in [9.17, 15) is 24.6 Å². The van der Waals surface area contributed by atoms with E-state index in [1.807, 2.05) is 11.9 Å². The molecule has 5 aliphatic rings. The number of carbonyl (C=O) groups excluding carboxylic acids is 1. The third kappa shape index (κ3) is 6.30. The van der Waals surface area contributed by atoms with Crippen molar-refractivity contribution in [3.63, 3.8) is 0 Å². The van der Waals surface area contributed by atoms with Crippen LogP contribution in [0.2, 0.25) is 0 Å². The molecule has 0 spiro atoms. The van der Waals surface area contributed by atoms with Crippen LogP contribution in [0.1, 0.15) is 92.2 Å². The molecule has 16 heteroatoms. The summed E-state index contributed by atoms with van der Waals surface area (Å²) in [7, 11) is 0. The smallest absolute Gasteiger partial charge is 0.374 e. The molecule has 0 aromatic carbocycles. The average molecular weight is 765 g/mol. The first-order valence-electron chi connectivity index (χ1n) is 18.5. The number of nitrogens with zero attached hydrogens (tertiary/aromatic N) is 1. The Labute approximate surface area is 303 Å². The fourth-order valence-corrected chi connectivity index (χ4v) is 11.0. The number of carbonyl (C=O) groups is 1. The SMILES string of the molecule is CC(=O)O[C@@H]1CCC2(C)C(=CCC3C2CCC2(C)C3CCC2C(C)C(F)(F)C(F)(F)C(F)(F)C(C)OC2C(O)C(CO)OC2n2ccc(=O)[nH]c2=O)C1. The van der Waals surface area contributed by atoms with Crippen molar-refractivity contribution in [3.05, 3.63) is 44.8 Å². The molecule has 4 fully saturated rings. The minimum absolute atomic E-state index is 0.0710. The van der Waals surface area contributed by atoms with Crippen molar-refractivity contribution in [2.24, 2.45) is 40.4 Å². The maximum absolute atomic E-state index is 16.2. The fourth-order valence-electron chi connectivity index (χ4n) is 11.0.